The third-order valence-electron chi connectivity index (χ3n) is 2.54. The van der Waals surface area contributed by atoms with E-state index in [-0.39, 0.29) is 17.4 Å². The van der Waals surface area contributed by atoms with Crippen molar-refractivity contribution in [2.24, 2.45) is 5.41 Å². The minimum atomic E-state index is 0.0451. The maximum absolute atomic E-state index is 11.9. The second-order valence-electron chi connectivity index (χ2n) is 5.71. The van der Waals surface area contributed by atoms with E-state index in [1.54, 1.807) is 4.90 Å². The lowest BCUT2D eigenvalue weighted by Gasteiger charge is -2.29. The normalized spacial score (nSPS) is 21.9. The number of hydrogen-bond acceptors (Lipinski definition) is 3. The molecule has 16 heavy (non-hydrogen) atoms. The molecule has 4 nitrogen and oxygen atoms in total. The standard InChI is InChI=1S/C12H24N2O2/c1-12(2,3)9-14(4)11(15)7-10-8-13-5-6-16-10/h10,13H,5-9H2,1-4H3. The molecule has 94 valence electrons. The van der Waals surface area contributed by atoms with Crippen LogP contribution < -0.4 is 5.32 Å². The molecule has 1 heterocycles. The molecule has 0 aromatic carbocycles. The first kappa shape index (κ1) is 13.5. The van der Waals surface area contributed by atoms with Crippen LogP contribution in [-0.4, -0.2) is 50.2 Å². The van der Waals surface area contributed by atoms with Crippen molar-refractivity contribution >= 4 is 5.91 Å². The fourth-order valence-electron chi connectivity index (χ4n) is 1.90. The van der Waals surface area contributed by atoms with Crippen LogP contribution in [0.1, 0.15) is 27.2 Å². The van der Waals surface area contributed by atoms with Crippen molar-refractivity contribution in [2.75, 3.05) is 33.3 Å². The van der Waals surface area contributed by atoms with Gasteiger partial charge in [-0.15, -0.1) is 0 Å². The van der Waals surface area contributed by atoms with Crippen molar-refractivity contribution in [1.82, 2.24) is 10.2 Å². The maximum atomic E-state index is 11.9. The second-order valence-corrected chi connectivity index (χ2v) is 5.71. The first-order valence-corrected chi connectivity index (χ1v) is 5.95. The molecule has 4 heteroatoms. The predicted molar refractivity (Wildman–Crippen MR) is 64.3 cm³/mol. The van der Waals surface area contributed by atoms with Crippen LogP contribution in [0, 0.1) is 5.41 Å². The van der Waals surface area contributed by atoms with E-state index in [1.807, 2.05) is 7.05 Å². The van der Waals surface area contributed by atoms with E-state index in [0.29, 0.717) is 13.0 Å². The van der Waals surface area contributed by atoms with E-state index in [4.69, 9.17) is 4.74 Å². The number of nitrogens with one attached hydrogen (secondary N) is 1. The summed E-state index contributed by atoms with van der Waals surface area (Å²) in [7, 11) is 1.86. The highest BCUT2D eigenvalue weighted by molar-refractivity contribution is 5.76. The van der Waals surface area contributed by atoms with E-state index in [9.17, 15) is 4.79 Å². The van der Waals surface area contributed by atoms with Crippen LogP contribution in [0.15, 0.2) is 0 Å². The first-order valence-electron chi connectivity index (χ1n) is 5.95. The topological polar surface area (TPSA) is 41.6 Å². The molecule has 1 rings (SSSR count). The number of rotatable bonds is 3. The predicted octanol–water partition coefficient (Wildman–Crippen LogP) is 0.869. The molecule has 0 spiro atoms. The van der Waals surface area contributed by atoms with Gasteiger partial charge in [-0.3, -0.25) is 4.79 Å². The number of nitrogens with zero attached hydrogens (tertiary/aromatic N) is 1. The van der Waals surface area contributed by atoms with Crippen molar-refractivity contribution in [3.63, 3.8) is 0 Å². The summed E-state index contributed by atoms with van der Waals surface area (Å²) in [6, 6.07) is 0. The molecule has 1 fully saturated rings. The van der Waals surface area contributed by atoms with Gasteiger partial charge in [-0.1, -0.05) is 20.8 Å². The van der Waals surface area contributed by atoms with Crippen molar-refractivity contribution in [3.8, 4) is 0 Å². The number of morpholine rings is 1. The highest BCUT2D eigenvalue weighted by Crippen LogP contribution is 2.15. The molecule has 1 unspecified atom stereocenters. The Hall–Kier alpha value is -0.610. The zero-order valence-corrected chi connectivity index (χ0v) is 10.9. The van der Waals surface area contributed by atoms with Gasteiger partial charge in [-0.25, -0.2) is 0 Å². The molecule has 0 aliphatic carbocycles. The molecular formula is C12H24N2O2. The Morgan fingerprint density at radius 2 is 2.19 bits per heavy atom. The average molecular weight is 228 g/mol. The van der Waals surface area contributed by atoms with Crippen LogP contribution >= 0.6 is 0 Å². The van der Waals surface area contributed by atoms with Gasteiger partial charge in [0.15, 0.2) is 0 Å². The van der Waals surface area contributed by atoms with Crippen LogP contribution in [0.2, 0.25) is 0 Å². The molecule has 1 aliphatic rings. The molecule has 1 amide bonds. The Bertz CT molecular complexity index is 230. The number of carbonyl (C=O) groups excluding carboxylic acids is 1. The number of amides is 1. The monoisotopic (exact) mass is 228 g/mol. The van der Waals surface area contributed by atoms with Gasteiger partial charge in [0.25, 0.3) is 0 Å². The largest absolute Gasteiger partial charge is 0.375 e. The molecule has 1 aliphatic heterocycles. The Kier molecular flexibility index (Phi) is 4.74. The molecule has 0 aromatic rings. The van der Waals surface area contributed by atoms with Gasteiger partial charge >= 0.3 is 0 Å². The molecule has 1 N–H and O–H groups in total. The zero-order chi connectivity index (χ0) is 12.2. The van der Waals surface area contributed by atoms with Crippen LogP contribution in [0.3, 0.4) is 0 Å². The van der Waals surface area contributed by atoms with Crippen molar-refractivity contribution in [1.29, 1.82) is 0 Å². The van der Waals surface area contributed by atoms with Gasteiger partial charge < -0.3 is 15.0 Å². The maximum Gasteiger partial charge on any atom is 0.224 e. The highest BCUT2D eigenvalue weighted by atomic mass is 16.5. The van der Waals surface area contributed by atoms with Gasteiger partial charge in [0.2, 0.25) is 5.91 Å². The van der Waals surface area contributed by atoms with Crippen molar-refractivity contribution in [2.45, 2.75) is 33.3 Å². The number of hydrogen-bond donors (Lipinski definition) is 1. The van der Waals surface area contributed by atoms with Crippen molar-refractivity contribution in [3.05, 3.63) is 0 Å². The highest BCUT2D eigenvalue weighted by Gasteiger charge is 2.22. The van der Waals surface area contributed by atoms with Gasteiger partial charge in [0.05, 0.1) is 19.1 Å². The summed E-state index contributed by atoms with van der Waals surface area (Å²) in [5, 5.41) is 3.23. The molecule has 0 bridgehead atoms. The van der Waals surface area contributed by atoms with E-state index in [1.165, 1.54) is 0 Å². The van der Waals surface area contributed by atoms with Crippen LogP contribution in [0.4, 0.5) is 0 Å². The summed E-state index contributed by atoms with van der Waals surface area (Å²) in [5.74, 6) is 0.170. The Morgan fingerprint density at radius 3 is 2.69 bits per heavy atom. The third kappa shape index (κ3) is 4.94. The van der Waals surface area contributed by atoms with Crippen LogP contribution in [0.25, 0.3) is 0 Å². The molecule has 1 saturated heterocycles. The lowest BCUT2D eigenvalue weighted by atomic mass is 9.96. The summed E-state index contributed by atoms with van der Waals surface area (Å²) < 4.78 is 5.52. The van der Waals surface area contributed by atoms with Crippen LogP contribution in [-0.2, 0) is 9.53 Å². The number of carbonyl (C=O) groups is 1. The van der Waals surface area contributed by atoms with Gasteiger partial charge in [-0.05, 0) is 5.41 Å². The van der Waals surface area contributed by atoms with Gasteiger partial charge in [0.1, 0.15) is 0 Å². The fourth-order valence-corrected chi connectivity index (χ4v) is 1.90. The summed E-state index contributed by atoms with van der Waals surface area (Å²) >= 11 is 0. The zero-order valence-electron chi connectivity index (χ0n) is 10.9. The SMILES string of the molecule is CN(CC(C)(C)C)C(=O)CC1CNCCO1. The molecule has 0 saturated carbocycles. The van der Waals surface area contributed by atoms with E-state index >= 15 is 0 Å². The Morgan fingerprint density at radius 1 is 1.50 bits per heavy atom. The fraction of sp³-hybridized carbons (Fsp3) is 0.917. The quantitative estimate of drug-likeness (QED) is 0.779. The lowest BCUT2D eigenvalue weighted by molar-refractivity contribution is -0.134. The molecule has 1 atom stereocenters. The van der Waals surface area contributed by atoms with E-state index in [0.717, 1.165) is 19.6 Å². The molecular weight excluding hydrogens is 204 g/mol. The van der Waals surface area contributed by atoms with E-state index < -0.39 is 0 Å². The summed E-state index contributed by atoms with van der Waals surface area (Å²) in [6.45, 7) is 9.57. The van der Waals surface area contributed by atoms with Crippen molar-refractivity contribution < 1.29 is 9.53 Å². The summed E-state index contributed by atoms with van der Waals surface area (Å²) in [5.41, 5.74) is 0.149. The smallest absolute Gasteiger partial charge is 0.224 e. The van der Waals surface area contributed by atoms with Gasteiger partial charge in [0, 0.05) is 26.7 Å². The molecule has 0 radical (unpaired) electrons. The summed E-state index contributed by atoms with van der Waals surface area (Å²) in [6.07, 6.45) is 0.531. The molecule has 0 aromatic heterocycles. The third-order valence-corrected chi connectivity index (χ3v) is 2.54. The Labute approximate surface area is 98.3 Å². The minimum absolute atomic E-state index is 0.0451. The first-order chi connectivity index (χ1) is 7.38. The van der Waals surface area contributed by atoms with Crippen LogP contribution in [0.5, 0.6) is 0 Å². The van der Waals surface area contributed by atoms with Gasteiger partial charge in [-0.2, -0.15) is 0 Å². The summed E-state index contributed by atoms with van der Waals surface area (Å²) in [4.78, 5) is 13.7. The number of ether oxygens (including phenoxy) is 1. The minimum Gasteiger partial charge on any atom is -0.375 e. The Balaban J connectivity index is 2.33. The lowest BCUT2D eigenvalue weighted by Crippen LogP contribution is -2.43. The second kappa shape index (κ2) is 5.64. The average Bonchev–Trinajstić information content (AvgIpc) is 2.16. The van der Waals surface area contributed by atoms with E-state index in [2.05, 4.69) is 26.1 Å².